The smallest absolute Gasteiger partial charge is 0.295 e. The van der Waals surface area contributed by atoms with Gasteiger partial charge in [-0.3, -0.25) is 14.3 Å². The highest BCUT2D eigenvalue weighted by molar-refractivity contribution is 6.06. The first-order valence-corrected chi connectivity index (χ1v) is 8.27. The summed E-state index contributed by atoms with van der Waals surface area (Å²) in [5, 5.41) is 0. The molecule has 3 rings (SSSR count). The highest BCUT2D eigenvalue weighted by Crippen LogP contribution is 2.20. The van der Waals surface area contributed by atoms with Crippen LogP contribution in [0.1, 0.15) is 23.0 Å². The van der Waals surface area contributed by atoms with E-state index in [-0.39, 0.29) is 11.5 Å². The van der Waals surface area contributed by atoms with Crippen molar-refractivity contribution in [3.8, 4) is 5.69 Å². The monoisotopic (exact) mass is 335 g/mol. The minimum Gasteiger partial charge on any atom is -0.302 e. The van der Waals surface area contributed by atoms with E-state index in [4.69, 9.17) is 0 Å². The average Bonchev–Trinajstić information content (AvgIpc) is 2.87. The van der Waals surface area contributed by atoms with Gasteiger partial charge in [0.1, 0.15) is 5.69 Å². The number of para-hydroxylation sites is 1. The summed E-state index contributed by atoms with van der Waals surface area (Å²) in [7, 11) is 1.83. The number of aromatic nitrogens is 2. The summed E-state index contributed by atoms with van der Waals surface area (Å²) in [6, 6.07) is 18.5. The molecule has 0 unspecified atom stereocenters. The summed E-state index contributed by atoms with van der Waals surface area (Å²) in [5.41, 5.74) is 2.31. The molecule has 0 N–H and O–H groups in total. The summed E-state index contributed by atoms with van der Waals surface area (Å²) in [6.45, 7) is 4.15. The third kappa shape index (κ3) is 2.89. The molecule has 1 amide bonds. The normalized spacial score (nSPS) is 10.7. The SMILES string of the molecule is CCN(C(=O)c1ccccc1)c1c(C)n(C)n(-c2ccccc2)c1=O. The van der Waals surface area contributed by atoms with Gasteiger partial charge in [-0.2, -0.15) is 0 Å². The minimum atomic E-state index is -0.197. The number of anilines is 1. The van der Waals surface area contributed by atoms with Gasteiger partial charge in [0.2, 0.25) is 0 Å². The molecule has 1 heterocycles. The highest BCUT2D eigenvalue weighted by atomic mass is 16.2. The molecule has 0 atom stereocenters. The van der Waals surface area contributed by atoms with Crippen LogP contribution in [0.2, 0.25) is 0 Å². The van der Waals surface area contributed by atoms with E-state index in [0.29, 0.717) is 17.8 Å². The van der Waals surface area contributed by atoms with Crippen molar-refractivity contribution < 1.29 is 4.79 Å². The van der Waals surface area contributed by atoms with E-state index in [0.717, 1.165) is 11.4 Å². The van der Waals surface area contributed by atoms with Crippen LogP contribution in [0.4, 0.5) is 5.69 Å². The minimum absolute atomic E-state index is 0.172. The van der Waals surface area contributed by atoms with Gasteiger partial charge in [0.05, 0.1) is 11.4 Å². The van der Waals surface area contributed by atoms with Crippen LogP contribution in [0.15, 0.2) is 65.5 Å². The standard InChI is InChI=1S/C20H21N3O2/c1-4-22(19(24)16-11-7-5-8-12-16)18-15(2)21(3)23(20(18)25)17-13-9-6-10-14-17/h5-14H,4H2,1-3H3. The van der Waals surface area contributed by atoms with Crippen molar-refractivity contribution in [2.75, 3.05) is 11.4 Å². The summed E-state index contributed by atoms with van der Waals surface area (Å²) < 4.78 is 3.37. The lowest BCUT2D eigenvalue weighted by molar-refractivity contribution is 0.0988. The number of benzene rings is 2. The van der Waals surface area contributed by atoms with Crippen molar-refractivity contribution in [3.63, 3.8) is 0 Å². The van der Waals surface area contributed by atoms with Gasteiger partial charge in [-0.1, -0.05) is 36.4 Å². The van der Waals surface area contributed by atoms with Gasteiger partial charge >= 0.3 is 0 Å². The van der Waals surface area contributed by atoms with Gasteiger partial charge in [0.25, 0.3) is 11.5 Å². The molecule has 0 bridgehead atoms. The molecule has 0 saturated carbocycles. The number of carbonyl (C=O) groups excluding carboxylic acids is 1. The van der Waals surface area contributed by atoms with Crippen molar-refractivity contribution in [3.05, 3.63) is 82.3 Å². The summed E-state index contributed by atoms with van der Waals surface area (Å²) >= 11 is 0. The molecule has 1 aromatic heterocycles. The fraction of sp³-hybridized carbons (Fsp3) is 0.200. The average molecular weight is 335 g/mol. The Morgan fingerprint density at radius 2 is 1.56 bits per heavy atom. The zero-order valence-electron chi connectivity index (χ0n) is 14.6. The predicted molar refractivity (Wildman–Crippen MR) is 99.5 cm³/mol. The van der Waals surface area contributed by atoms with Crippen molar-refractivity contribution in [2.45, 2.75) is 13.8 Å². The van der Waals surface area contributed by atoms with Crippen LogP contribution in [0.3, 0.4) is 0 Å². The zero-order chi connectivity index (χ0) is 18.0. The van der Waals surface area contributed by atoms with Crippen molar-refractivity contribution >= 4 is 11.6 Å². The van der Waals surface area contributed by atoms with E-state index in [9.17, 15) is 9.59 Å². The Labute approximate surface area is 146 Å². The molecule has 0 fully saturated rings. The van der Waals surface area contributed by atoms with Crippen LogP contribution in [-0.4, -0.2) is 21.8 Å². The van der Waals surface area contributed by atoms with Crippen LogP contribution in [0.25, 0.3) is 5.69 Å². The molecular weight excluding hydrogens is 314 g/mol. The molecule has 128 valence electrons. The molecule has 0 saturated heterocycles. The number of hydrogen-bond donors (Lipinski definition) is 0. The Morgan fingerprint density at radius 1 is 1.00 bits per heavy atom. The third-order valence-corrected chi connectivity index (χ3v) is 4.38. The van der Waals surface area contributed by atoms with E-state index < -0.39 is 0 Å². The van der Waals surface area contributed by atoms with Crippen LogP contribution >= 0.6 is 0 Å². The molecule has 0 aliphatic carbocycles. The second-order valence-corrected chi connectivity index (χ2v) is 5.83. The molecule has 0 radical (unpaired) electrons. The summed E-state index contributed by atoms with van der Waals surface area (Å²) in [6.07, 6.45) is 0. The molecule has 0 aliphatic rings. The fourth-order valence-corrected chi connectivity index (χ4v) is 3.00. The number of carbonyl (C=O) groups is 1. The molecule has 2 aromatic carbocycles. The van der Waals surface area contributed by atoms with Gasteiger partial charge < -0.3 is 4.90 Å². The molecule has 5 nitrogen and oxygen atoms in total. The van der Waals surface area contributed by atoms with Gasteiger partial charge in [0, 0.05) is 19.2 Å². The van der Waals surface area contributed by atoms with E-state index in [1.165, 1.54) is 0 Å². The topological polar surface area (TPSA) is 47.2 Å². The third-order valence-electron chi connectivity index (χ3n) is 4.38. The largest absolute Gasteiger partial charge is 0.302 e. The lowest BCUT2D eigenvalue weighted by Crippen LogP contribution is -2.35. The lowest BCUT2D eigenvalue weighted by Gasteiger charge is -2.19. The van der Waals surface area contributed by atoms with Crippen LogP contribution < -0.4 is 10.5 Å². The van der Waals surface area contributed by atoms with Crippen LogP contribution in [0, 0.1) is 6.92 Å². The number of hydrogen-bond acceptors (Lipinski definition) is 2. The first-order chi connectivity index (χ1) is 12.1. The molecule has 3 aromatic rings. The Morgan fingerprint density at radius 3 is 2.12 bits per heavy atom. The maximum atomic E-state index is 13.1. The van der Waals surface area contributed by atoms with Crippen LogP contribution in [-0.2, 0) is 7.05 Å². The van der Waals surface area contributed by atoms with Crippen molar-refractivity contribution in [1.29, 1.82) is 0 Å². The fourth-order valence-electron chi connectivity index (χ4n) is 3.00. The first kappa shape index (κ1) is 16.8. The maximum absolute atomic E-state index is 13.1. The van der Waals surface area contributed by atoms with Crippen LogP contribution in [0.5, 0.6) is 0 Å². The Balaban J connectivity index is 2.14. The molecule has 5 heteroatoms. The molecule has 0 aliphatic heterocycles. The molecular formula is C20H21N3O2. The van der Waals surface area contributed by atoms with E-state index in [2.05, 4.69) is 0 Å². The van der Waals surface area contributed by atoms with Gasteiger partial charge in [0.15, 0.2) is 0 Å². The van der Waals surface area contributed by atoms with Crippen molar-refractivity contribution in [2.24, 2.45) is 7.05 Å². The van der Waals surface area contributed by atoms with Gasteiger partial charge in [-0.25, -0.2) is 4.68 Å². The predicted octanol–water partition coefficient (Wildman–Crippen LogP) is 3.15. The zero-order valence-corrected chi connectivity index (χ0v) is 14.6. The van der Waals surface area contributed by atoms with E-state index in [1.54, 1.807) is 26.4 Å². The number of rotatable bonds is 4. The lowest BCUT2D eigenvalue weighted by atomic mass is 10.2. The summed E-state index contributed by atoms with van der Waals surface area (Å²) in [5.74, 6) is -0.172. The van der Waals surface area contributed by atoms with Gasteiger partial charge in [-0.05, 0) is 38.1 Å². The van der Waals surface area contributed by atoms with E-state index >= 15 is 0 Å². The van der Waals surface area contributed by atoms with Gasteiger partial charge in [-0.15, -0.1) is 0 Å². The quantitative estimate of drug-likeness (QED) is 0.735. The molecule has 0 spiro atoms. The number of amides is 1. The second-order valence-electron chi connectivity index (χ2n) is 5.83. The van der Waals surface area contributed by atoms with Crippen molar-refractivity contribution in [1.82, 2.24) is 9.36 Å². The van der Waals surface area contributed by atoms with E-state index in [1.807, 2.05) is 69.4 Å². The number of nitrogens with zero attached hydrogens (tertiary/aromatic N) is 3. The maximum Gasteiger partial charge on any atom is 0.295 e. The summed E-state index contributed by atoms with van der Waals surface area (Å²) in [4.78, 5) is 27.5. The second kappa shape index (κ2) is 6.81. The Bertz CT molecular complexity index is 940. The molecule has 25 heavy (non-hydrogen) atoms. The Kier molecular flexibility index (Phi) is 4.57. The Hall–Kier alpha value is -3.08. The first-order valence-electron chi connectivity index (χ1n) is 8.27. The highest BCUT2D eigenvalue weighted by Gasteiger charge is 2.25.